The molecule has 0 fully saturated rings. The van der Waals surface area contributed by atoms with Crippen LogP contribution in [0, 0.1) is 34.0 Å². The predicted octanol–water partition coefficient (Wildman–Crippen LogP) is 2.64. The highest BCUT2D eigenvalue weighted by Gasteiger charge is 2.34. The molecular weight excluding hydrogens is 314 g/mol. The molecule has 2 N–H and O–H groups in total. The predicted molar refractivity (Wildman–Crippen MR) is 89.8 cm³/mol. The number of benzene rings is 1. The van der Waals surface area contributed by atoms with Gasteiger partial charge in [-0.15, -0.1) is 0 Å². The van der Waals surface area contributed by atoms with Gasteiger partial charge in [0.2, 0.25) is 5.88 Å². The lowest BCUT2D eigenvalue weighted by atomic mass is 9.83. The van der Waals surface area contributed by atoms with Gasteiger partial charge in [0.15, 0.2) is 5.76 Å². The molecular formula is C19H13N5O. The van der Waals surface area contributed by atoms with E-state index in [9.17, 15) is 10.5 Å². The van der Waals surface area contributed by atoms with E-state index < -0.39 is 5.92 Å². The third-order valence-electron chi connectivity index (χ3n) is 4.09. The molecule has 6 nitrogen and oxygen atoms in total. The van der Waals surface area contributed by atoms with Crippen molar-refractivity contribution in [2.45, 2.75) is 5.92 Å². The van der Waals surface area contributed by atoms with Crippen LogP contribution in [-0.2, 0) is 11.8 Å². The lowest BCUT2D eigenvalue weighted by Crippen LogP contribution is -2.20. The van der Waals surface area contributed by atoms with E-state index in [1.54, 1.807) is 24.3 Å². The molecule has 0 amide bonds. The first kappa shape index (κ1) is 15.9. The van der Waals surface area contributed by atoms with Gasteiger partial charge in [-0.05, 0) is 29.8 Å². The van der Waals surface area contributed by atoms with Crippen LogP contribution in [0.5, 0.6) is 0 Å². The van der Waals surface area contributed by atoms with Crippen LogP contribution in [0.4, 0.5) is 0 Å². The SMILES string of the molecule is Cn1cccc1C1=C(C#N)[C@@H](c2ccc(C#N)cc2)C(C#N)=C(N)O1. The quantitative estimate of drug-likeness (QED) is 0.911. The maximum absolute atomic E-state index is 9.76. The van der Waals surface area contributed by atoms with Crippen molar-refractivity contribution in [3.63, 3.8) is 0 Å². The zero-order valence-corrected chi connectivity index (χ0v) is 13.4. The van der Waals surface area contributed by atoms with Gasteiger partial charge in [-0.1, -0.05) is 12.1 Å². The van der Waals surface area contributed by atoms with E-state index in [0.29, 0.717) is 28.2 Å². The Labute approximate surface area is 144 Å². The topological polar surface area (TPSA) is 112 Å². The Hall–Kier alpha value is -3.95. The molecule has 0 radical (unpaired) electrons. The lowest BCUT2D eigenvalue weighted by Gasteiger charge is -2.26. The van der Waals surface area contributed by atoms with Crippen LogP contribution in [0.25, 0.3) is 5.76 Å². The van der Waals surface area contributed by atoms with Crippen molar-refractivity contribution in [1.29, 1.82) is 15.8 Å². The van der Waals surface area contributed by atoms with E-state index in [1.165, 1.54) is 0 Å². The molecule has 2 aromatic rings. The summed E-state index contributed by atoms with van der Waals surface area (Å²) in [4.78, 5) is 0. The molecule has 6 heteroatoms. The average Bonchev–Trinajstić information content (AvgIpc) is 3.06. The number of nitriles is 3. The normalized spacial score (nSPS) is 16.6. The zero-order chi connectivity index (χ0) is 18.0. The highest BCUT2D eigenvalue weighted by Crippen LogP contribution is 2.41. The van der Waals surface area contributed by atoms with Crippen LogP contribution < -0.4 is 5.73 Å². The molecule has 1 aromatic heterocycles. The summed E-state index contributed by atoms with van der Waals surface area (Å²) < 4.78 is 7.45. The van der Waals surface area contributed by atoms with E-state index in [-0.39, 0.29) is 11.5 Å². The molecule has 1 aliphatic rings. The smallest absolute Gasteiger partial charge is 0.205 e. The minimum Gasteiger partial charge on any atom is -0.437 e. The fourth-order valence-electron chi connectivity index (χ4n) is 2.84. The van der Waals surface area contributed by atoms with Crippen molar-refractivity contribution >= 4 is 5.76 Å². The molecule has 0 saturated carbocycles. The molecule has 2 heterocycles. The monoisotopic (exact) mass is 327 g/mol. The van der Waals surface area contributed by atoms with Crippen molar-refractivity contribution in [3.05, 3.63) is 76.4 Å². The Morgan fingerprint density at radius 3 is 2.20 bits per heavy atom. The Kier molecular flexibility index (Phi) is 4.00. The number of rotatable bonds is 2. The highest BCUT2D eigenvalue weighted by molar-refractivity contribution is 5.72. The summed E-state index contributed by atoms with van der Waals surface area (Å²) in [5.41, 5.74) is 8.34. The third-order valence-corrected chi connectivity index (χ3v) is 4.09. The summed E-state index contributed by atoms with van der Waals surface area (Å²) in [6.07, 6.45) is 1.83. The van der Waals surface area contributed by atoms with Crippen LogP contribution in [0.3, 0.4) is 0 Å². The standard InChI is InChI=1S/C19H13N5O/c1-24-8-2-3-16(24)18-14(10-21)17(15(11-22)19(23)25-18)13-6-4-12(9-20)5-7-13/h2-8,17H,23H2,1H3/t17-/m1/s1. The number of aromatic nitrogens is 1. The first-order valence-electron chi connectivity index (χ1n) is 7.44. The molecule has 0 spiro atoms. The fourth-order valence-corrected chi connectivity index (χ4v) is 2.84. The minimum atomic E-state index is -0.638. The molecule has 3 rings (SSSR count). The Balaban J connectivity index is 2.23. The summed E-state index contributed by atoms with van der Waals surface area (Å²) >= 11 is 0. The van der Waals surface area contributed by atoms with Crippen molar-refractivity contribution < 1.29 is 4.74 Å². The van der Waals surface area contributed by atoms with Crippen LogP contribution in [0.2, 0.25) is 0 Å². The summed E-state index contributed by atoms with van der Waals surface area (Å²) in [5, 5.41) is 28.2. The molecule has 1 atom stereocenters. The van der Waals surface area contributed by atoms with Crippen molar-refractivity contribution in [3.8, 4) is 18.2 Å². The van der Waals surface area contributed by atoms with Crippen LogP contribution >= 0.6 is 0 Å². The van der Waals surface area contributed by atoms with Gasteiger partial charge in [-0.3, -0.25) is 0 Å². The van der Waals surface area contributed by atoms with E-state index >= 15 is 0 Å². The maximum Gasteiger partial charge on any atom is 0.205 e. The zero-order valence-electron chi connectivity index (χ0n) is 13.4. The maximum atomic E-state index is 9.76. The number of hydrogen-bond donors (Lipinski definition) is 1. The number of ether oxygens (including phenoxy) is 1. The Bertz CT molecular complexity index is 1020. The van der Waals surface area contributed by atoms with Gasteiger partial charge in [-0.2, -0.15) is 15.8 Å². The first-order valence-corrected chi connectivity index (χ1v) is 7.44. The molecule has 120 valence electrons. The summed E-state index contributed by atoms with van der Waals surface area (Å²) in [7, 11) is 1.83. The van der Waals surface area contributed by atoms with Crippen molar-refractivity contribution in [2.24, 2.45) is 12.8 Å². The molecule has 0 saturated heterocycles. The van der Waals surface area contributed by atoms with E-state index in [2.05, 4.69) is 6.07 Å². The number of allylic oxidation sites excluding steroid dienone is 2. The second-order valence-electron chi connectivity index (χ2n) is 5.52. The van der Waals surface area contributed by atoms with Crippen LogP contribution in [-0.4, -0.2) is 4.57 Å². The first-order chi connectivity index (χ1) is 12.1. The molecule has 0 unspecified atom stereocenters. The molecule has 25 heavy (non-hydrogen) atoms. The molecule has 0 bridgehead atoms. The van der Waals surface area contributed by atoms with Crippen molar-refractivity contribution in [1.82, 2.24) is 4.57 Å². The average molecular weight is 327 g/mol. The van der Waals surface area contributed by atoms with Gasteiger partial charge in [0.1, 0.15) is 11.6 Å². The van der Waals surface area contributed by atoms with Gasteiger partial charge < -0.3 is 15.0 Å². The van der Waals surface area contributed by atoms with Crippen LogP contribution in [0.1, 0.15) is 22.7 Å². The highest BCUT2D eigenvalue weighted by atomic mass is 16.5. The second-order valence-corrected chi connectivity index (χ2v) is 5.52. The summed E-state index contributed by atoms with van der Waals surface area (Å²) in [6.45, 7) is 0. The largest absolute Gasteiger partial charge is 0.437 e. The molecule has 1 aromatic carbocycles. The number of nitrogens with zero attached hydrogens (tertiary/aromatic N) is 4. The fraction of sp³-hybridized carbons (Fsp3) is 0.105. The number of aryl methyl sites for hydroxylation is 1. The van der Waals surface area contributed by atoms with Gasteiger partial charge in [0.25, 0.3) is 0 Å². The number of nitrogens with two attached hydrogens (primary N) is 1. The van der Waals surface area contributed by atoms with Crippen molar-refractivity contribution in [2.75, 3.05) is 0 Å². The molecule has 0 aliphatic carbocycles. The van der Waals surface area contributed by atoms with Gasteiger partial charge >= 0.3 is 0 Å². The third kappa shape index (κ3) is 2.61. The van der Waals surface area contributed by atoms with E-state index in [4.69, 9.17) is 15.7 Å². The molecule has 1 aliphatic heterocycles. The van der Waals surface area contributed by atoms with E-state index in [1.807, 2.05) is 42.1 Å². The number of hydrogen-bond acceptors (Lipinski definition) is 5. The van der Waals surface area contributed by atoms with Gasteiger partial charge in [-0.25, -0.2) is 0 Å². The summed E-state index contributed by atoms with van der Waals surface area (Å²) in [5.74, 6) is -0.325. The van der Waals surface area contributed by atoms with E-state index in [0.717, 1.165) is 0 Å². The Morgan fingerprint density at radius 1 is 1.00 bits per heavy atom. The van der Waals surface area contributed by atoms with Crippen LogP contribution in [0.15, 0.2) is 59.6 Å². The van der Waals surface area contributed by atoms with Gasteiger partial charge in [0.05, 0.1) is 34.9 Å². The summed E-state index contributed by atoms with van der Waals surface area (Å²) in [6, 6.07) is 16.6. The Morgan fingerprint density at radius 2 is 1.68 bits per heavy atom. The van der Waals surface area contributed by atoms with Gasteiger partial charge in [0, 0.05) is 13.2 Å². The lowest BCUT2D eigenvalue weighted by molar-refractivity contribution is 0.354. The minimum absolute atomic E-state index is 0.0212. The second kappa shape index (κ2) is 6.28.